The summed E-state index contributed by atoms with van der Waals surface area (Å²) >= 11 is 1.76. The summed E-state index contributed by atoms with van der Waals surface area (Å²) in [6, 6.07) is 1.33. The highest BCUT2D eigenvalue weighted by Gasteiger charge is 2.28. The lowest BCUT2D eigenvalue weighted by Gasteiger charge is -2.40. The fourth-order valence-corrected chi connectivity index (χ4v) is 3.27. The molecule has 2 heterocycles. The van der Waals surface area contributed by atoms with E-state index in [-0.39, 0.29) is 0 Å². The van der Waals surface area contributed by atoms with Gasteiger partial charge in [0.05, 0.1) is 11.2 Å². The van der Waals surface area contributed by atoms with Crippen LogP contribution in [0.4, 0.5) is 0 Å². The van der Waals surface area contributed by atoms with Crippen molar-refractivity contribution in [1.29, 1.82) is 0 Å². The zero-order chi connectivity index (χ0) is 12.4. The Morgan fingerprint density at radius 2 is 2.29 bits per heavy atom. The molecule has 0 bridgehead atoms. The Morgan fingerprint density at radius 1 is 1.53 bits per heavy atom. The molecule has 0 amide bonds. The minimum absolute atomic E-state index is 0.641. The highest BCUT2D eigenvalue weighted by Crippen LogP contribution is 2.21. The molecule has 1 saturated heterocycles. The third-order valence-corrected chi connectivity index (χ3v) is 4.92. The van der Waals surface area contributed by atoms with Crippen LogP contribution in [0, 0.1) is 12.8 Å². The van der Waals surface area contributed by atoms with E-state index >= 15 is 0 Å². The lowest BCUT2D eigenvalue weighted by molar-refractivity contribution is 0.121. The van der Waals surface area contributed by atoms with Crippen LogP contribution in [0.3, 0.4) is 0 Å². The monoisotopic (exact) mass is 253 g/mol. The molecule has 17 heavy (non-hydrogen) atoms. The van der Waals surface area contributed by atoms with Gasteiger partial charge in [-0.25, -0.2) is 4.98 Å². The number of aryl methyl sites for hydroxylation is 1. The average molecular weight is 253 g/mol. The predicted molar refractivity (Wildman–Crippen MR) is 73.4 cm³/mol. The summed E-state index contributed by atoms with van der Waals surface area (Å²) in [5.74, 6) is 0.726. The molecule has 0 saturated carbocycles. The second-order valence-corrected chi connectivity index (χ2v) is 6.29. The molecule has 0 aliphatic carbocycles. The molecule has 1 aromatic heterocycles. The molecular formula is C13H23N3S. The van der Waals surface area contributed by atoms with Crippen LogP contribution in [0.5, 0.6) is 0 Å². The van der Waals surface area contributed by atoms with Crippen molar-refractivity contribution in [3.8, 4) is 0 Å². The molecule has 1 aliphatic heterocycles. The van der Waals surface area contributed by atoms with Crippen molar-refractivity contribution in [1.82, 2.24) is 15.2 Å². The van der Waals surface area contributed by atoms with Crippen molar-refractivity contribution < 1.29 is 0 Å². The molecule has 3 nitrogen and oxygen atoms in total. The van der Waals surface area contributed by atoms with Crippen molar-refractivity contribution in [3.05, 3.63) is 16.1 Å². The van der Waals surface area contributed by atoms with Gasteiger partial charge in [-0.3, -0.25) is 0 Å². The van der Waals surface area contributed by atoms with E-state index in [1.165, 1.54) is 23.5 Å². The number of rotatable bonds is 3. The topological polar surface area (TPSA) is 28.2 Å². The van der Waals surface area contributed by atoms with Gasteiger partial charge in [0.2, 0.25) is 0 Å². The number of nitrogens with zero attached hydrogens (tertiary/aromatic N) is 2. The fourth-order valence-electron chi connectivity index (χ4n) is 2.55. The zero-order valence-corrected chi connectivity index (χ0v) is 12.0. The summed E-state index contributed by atoms with van der Waals surface area (Å²) in [7, 11) is 2.23. The number of likely N-dealkylation sites (tertiary alicyclic amines) is 1. The second-order valence-electron chi connectivity index (χ2n) is 5.35. The van der Waals surface area contributed by atoms with Crippen LogP contribution in [-0.4, -0.2) is 35.6 Å². The Labute approximate surface area is 108 Å². The highest BCUT2D eigenvalue weighted by molar-refractivity contribution is 7.09. The molecule has 0 aromatic carbocycles. The first-order valence-electron chi connectivity index (χ1n) is 6.40. The van der Waals surface area contributed by atoms with Gasteiger partial charge in [-0.1, -0.05) is 6.92 Å². The lowest BCUT2D eigenvalue weighted by Crippen LogP contribution is -2.50. The quantitative estimate of drug-likeness (QED) is 0.895. The van der Waals surface area contributed by atoms with E-state index in [2.05, 4.69) is 43.0 Å². The average Bonchev–Trinajstić information content (AvgIpc) is 2.68. The molecule has 1 aromatic rings. The normalized spacial score (nSPS) is 30.7. The molecule has 0 radical (unpaired) electrons. The molecular weight excluding hydrogens is 230 g/mol. The first-order chi connectivity index (χ1) is 8.08. The van der Waals surface area contributed by atoms with E-state index < -0.39 is 0 Å². The van der Waals surface area contributed by atoms with Gasteiger partial charge >= 0.3 is 0 Å². The van der Waals surface area contributed by atoms with Crippen molar-refractivity contribution >= 4 is 11.3 Å². The number of hydrogen-bond donors (Lipinski definition) is 1. The molecule has 1 aliphatic rings. The largest absolute Gasteiger partial charge is 0.309 e. The van der Waals surface area contributed by atoms with Crippen molar-refractivity contribution in [2.24, 2.45) is 5.92 Å². The van der Waals surface area contributed by atoms with E-state index in [4.69, 9.17) is 0 Å². The van der Waals surface area contributed by atoms with Gasteiger partial charge in [0.1, 0.15) is 0 Å². The van der Waals surface area contributed by atoms with Crippen LogP contribution in [0.15, 0.2) is 5.51 Å². The van der Waals surface area contributed by atoms with E-state index in [1.54, 1.807) is 11.3 Å². The van der Waals surface area contributed by atoms with Crippen molar-refractivity contribution in [2.75, 3.05) is 13.6 Å². The molecule has 4 heteroatoms. The van der Waals surface area contributed by atoms with Crippen LogP contribution in [0.1, 0.15) is 30.8 Å². The van der Waals surface area contributed by atoms with E-state index in [0.717, 1.165) is 12.5 Å². The highest BCUT2D eigenvalue weighted by atomic mass is 32.1. The third-order valence-electron chi connectivity index (χ3n) is 3.98. The van der Waals surface area contributed by atoms with E-state index in [9.17, 15) is 0 Å². The smallest absolute Gasteiger partial charge is 0.0798 e. The first kappa shape index (κ1) is 13.0. The van der Waals surface area contributed by atoms with Gasteiger partial charge in [0.25, 0.3) is 0 Å². The molecule has 1 N–H and O–H groups in total. The number of aromatic nitrogens is 1. The maximum Gasteiger partial charge on any atom is 0.0798 e. The van der Waals surface area contributed by atoms with Crippen LogP contribution in [0.25, 0.3) is 0 Å². The predicted octanol–water partition coefficient (Wildman–Crippen LogP) is 2.27. The van der Waals surface area contributed by atoms with Gasteiger partial charge < -0.3 is 10.2 Å². The van der Waals surface area contributed by atoms with Gasteiger partial charge in [0.15, 0.2) is 0 Å². The number of hydrogen-bond acceptors (Lipinski definition) is 4. The lowest BCUT2D eigenvalue weighted by atomic mass is 9.90. The van der Waals surface area contributed by atoms with Gasteiger partial charge in [-0.15, -0.1) is 11.3 Å². The van der Waals surface area contributed by atoms with Gasteiger partial charge in [0, 0.05) is 30.1 Å². The Kier molecular flexibility index (Phi) is 4.17. The van der Waals surface area contributed by atoms with E-state index in [0.29, 0.717) is 12.1 Å². The maximum absolute atomic E-state index is 4.30. The SMILES string of the molecule is Cc1ncsc1CNC1CC(C)N(C)CC1C. The number of piperidine rings is 1. The Bertz CT molecular complexity index is 363. The molecule has 0 spiro atoms. The minimum Gasteiger partial charge on any atom is -0.309 e. The summed E-state index contributed by atoms with van der Waals surface area (Å²) in [4.78, 5) is 8.13. The molecule has 1 fully saturated rings. The summed E-state index contributed by atoms with van der Waals surface area (Å²) in [5, 5.41) is 3.71. The summed E-state index contributed by atoms with van der Waals surface area (Å²) in [6.45, 7) is 8.93. The van der Waals surface area contributed by atoms with Gasteiger partial charge in [-0.05, 0) is 33.2 Å². The first-order valence-corrected chi connectivity index (χ1v) is 7.28. The van der Waals surface area contributed by atoms with Crippen LogP contribution >= 0.6 is 11.3 Å². The van der Waals surface area contributed by atoms with Crippen molar-refractivity contribution in [2.45, 2.75) is 45.8 Å². The second kappa shape index (κ2) is 5.46. The zero-order valence-electron chi connectivity index (χ0n) is 11.2. The van der Waals surface area contributed by atoms with E-state index in [1.807, 2.05) is 5.51 Å². The summed E-state index contributed by atoms with van der Waals surface area (Å²) in [6.07, 6.45) is 1.25. The Balaban J connectivity index is 1.89. The summed E-state index contributed by atoms with van der Waals surface area (Å²) < 4.78 is 0. The summed E-state index contributed by atoms with van der Waals surface area (Å²) in [5.41, 5.74) is 3.11. The fraction of sp³-hybridized carbons (Fsp3) is 0.769. The molecule has 3 atom stereocenters. The molecule has 2 rings (SSSR count). The van der Waals surface area contributed by atoms with Crippen LogP contribution < -0.4 is 5.32 Å². The Morgan fingerprint density at radius 3 is 2.94 bits per heavy atom. The Hall–Kier alpha value is -0.450. The number of thiazole rings is 1. The molecule has 3 unspecified atom stereocenters. The number of nitrogens with one attached hydrogen (secondary N) is 1. The molecule has 96 valence electrons. The van der Waals surface area contributed by atoms with Crippen LogP contribution in [-0.2, 0) is 6.54 Å². The van der Waals surface area contributed by atoms with Crippen molar-refractivity contribution in [3.63, 3.8) is 0 Å². The minimum atomic E-state index is 0.641. The standard InChI is InChI=1S/C13H23N3S/c1-9-7-16(4)10(2)5-12(9)14-6-13-11(3)15-8-17-13/h8-10,12,14H,5-7H2,1-4H3. The maximum atomic E-state index is 4.30. The van der Waals surface area contributed by atoms with Crippen LogP contribution in [0.2, 0.25) is 0 Å². The van der Waals surface area contributed by atoms with Gasteiger partial charge in [-0.2, -0.15) is 0 Å². The third kappa shape index (κ3) is 3.06.